The van der Waals surface area contributed by atoms with Gasteiger partial charge in [-0.2, -0.15) is 0 Å². The number of rotatable bonds is 5. The molecule has 0 saturated carbocycles. The number of hydrogen-bond donors (Lipinski definition) is 0. The van der Waals surface area contributed by atoms with E-state index in [0.29, 0.717) is 4.91 Å². The Labute approximate surface area is 144 Å². The predicted octanol–water partition coefficient (Wildman–Crippen LogP) is 2.36. The summed E-state index contributed by atoms with van der Waals surface area (Å²) in [5, 5.41) is 11.2. The Morgan fingerprint density at radius 1 is 1.39 bits per heavy atom. The van der Waals surface area contributed by atoms with Gasteiger partial charge in [-0.1, -0.05) is 67.3 Å². The summed E-state index contributed by atoms with van der Waals surface area (Å²) in [6.07, 6.45) is 3.93. The number of carboxylic acids is 1. The zero-order valence-corrected chi connectivity index (χ0v) is 14.4. The minimum Gasteiger partial charge on any atom is -0.548 e. The molecule has 0 spiro atoms. The number of carboxylic acid groups (broad SMARTS) is 1. The molecule has 1 fully saturated rings. The van der Waals surface area contributed by atoms with Gasteiger partial charge >= 0.3 is 0 Å². The van der Waals surface area contributed by atoms with E-state index in [-0.39, 0.29) is 16.6 Å². The first-order chi connectivity index (χ1) is 10.9. The summed E-state index contributed by atoms with van der Waals surface area (Å²) in [5.41, 5.74) is 1.91. The van der Waals surface area contributed by atoms with E-state index < -0.39 is 12.0 Å². The maximum atomic E-state index is 12.4. The average Bonchev–Trinajstić information content (AvgIpc) is 2.76. The zero-order chi connectivity index (χ0) is 17.0. The molecule has 6 heteroatoms. The van der Waals surface area contributed by atoms with E-state index in [1.54, 1.807) is 13.0 Å². The van der Waals surface area contributed by atoms with Crippen LogP contribution in [0.15, 0.2) is 46.9 Å². The number of thiocarbonyl (C=S) groups is 1. The van der Waals surface area contributed by atoms with Crippen LogP contribution in [0, 0.1) is 0 Å². The standard InChI is InChI=1S/C17H17NO3S2/c1-3-13(16(20)21)18-15(19)14(23-17(18)22)10-11(2)9-12-7-5-4-6-8-12/h4-10,13H,3H2,1-2H3,(H,20,21)/p-1/t13-/m0/s1. The van der Waals surface area contributed by atoms with Crippen LogP contribution >= 0.6 is 24.0 Å². The number of allylic oxidation sites excluding steroid dienone is 2. The van der Waals surface area contributed by atoms with Gasteiger partial charge in [-0.15, -0.1) is 0 Å². The van der Waals surface area contributed by atoms with E-state index in [0.717, 1.165) is 27.8 Å². The van der Waals surface area contributed by atoms with Crippen LogP contribution in [-0.2, 0) is 9.59 Å². The van der Waals surface area contributed by atoms with Gasteiger partial charge in [0.25, 0.3) is 5.91 Å². The third kappa shape index (κ3) is 4.09. The minimum absolute atomic E-state index is 0.251. The molecule has 0 aliphatic carbocycles. The molecule has 0 bridgehead atoms. The second kappa shape index (κ2) is 7.57. The van der Waals surface area contributed by atoms with Gasteiger partial charge in [-0.25, -0.2) is 0 Å². The van der Waals surface area contributed by atoms with Crippen molar-refractivity contribution in [1.82, 2.24) is 4.90 Å². The third-order valence-electron chi connectivity index (χ3n) is 3.35. The molecule has 2 rings (SSSR count). The van der Waals surface area contributed by atoms with Crippen LogP contribution < -0.4 is 5.11 Å². The lowest BCUT2D eigenvalue weighted by Crippen LogP contribution is -2.49. The minimum atomic E-state index is -1.29. The lowest BCUT2D eigenvalue weighted by molar-refractivity contribution is -0.310. The van der Waals surface area contributed by atoms with Gasteiger partial charge in [0.15, 0.2) is 0 Å². The van der Waals surface area contributed by atoms with Gasteiger partial charge in [0.2, 0.25) is 0 Å². The van der Waals surface area contributed by atoms with Gasteiger partial charge in [-0.05, 0) is 30.6 Å². The zero-order valence-electron chi connectivity index (χ0n) is 12.8. The van der Waals surface area contributed by atoms with Gasteiger partial charge in [0, 0.05) is 0 Å². The van der Waals surface area contributed by atoms with Crippen molar-refractivity contribution in [2.75, 3.05) is 0 Å². The average molecular weight is 346 g/mol. The molecule has 120 valence electrons. The fourth-order valence-corrected chi connectivity index (χ4v) is 3.67. The fraction of sp³-hybridized carbons (Fsp3) is 0.235. The Morgan fingerprint density at radius 3 is 2.61 bits per heavy atom. The number of thioether (sulfide) groups is 1. The molecule has 1 aromatic rings. The van der Waals surface area contributed by atoms with Crippen molar-refractivity contribution in [1.29, 1.82) is 0 Å². The van der Waals surface area contributed by atoms with Crippen LogP contribution in [0.1, 0.15) is 25.8 Å². The first kappa shape index (κ1) is 17.4. The maximum Gasteiger partial charge on any atom is 0.266 e. The van der Waals surface area contributed by atoms with Gasteiger partial charge in [0.1, 0.15) is 4.32 Å². The first-order valence-corrected chi connectivity index (χ1v) is 8.37. The van der Waals surface area contributed by atoms with Crippen LogP contribution in [-0.4, -0.2) is 27.1 Å². The second-order valence-corrected chi connectivity index (χ2v) is 6.77. The Morgan fingerprint density at radius 2 is 2.04 bits per heavy atom. The maximum absolute atomic E-state index is 12.4. The van der Waals surface area contributed by atoms with Crippen LogP contribution in [0.2, 0.25) is 0 Å². The molecular formula is C17H16NO3S2-. The number of nitrogens with zero attached hydrogens (tertiary/aromatic N) is 1. The van der Waals surface area contributed by atoms with Gasteiger partial charge in [0.05, 0.1) is 16.9 Å². The number of amides is 1. The Kier molecular flexibility index (Phi) is 5.74. The molecule has 1 heterocycles. The molecule has 23 heavy (non-hydrogen) atoms. The van der Waals surface area contributed by atoms with Crippen molar-refractivity contribution in [3.63, 3.8) is 0 Å². The molecule has 1 aliphatic heterocycles. The summed E-state index contributed by atoms with van der Waals surface area (Å²) < 4.78 is 0.254. The topological polar surface area (TPSA) is 60.4 Å². The molecule has 0 N–H and O–H groups in total. The van der Waals surface area contributed by atoms with E-state index in [1.165, 1.54) is 0 Å². The highest BCUT2D eigenvalue weighted by Crippen LogP contribution is 2.34. The number of carbonyl (C=O) groups is 2. The number of benzene rings is 1. The van der Waals surface area contributed by atoms with Crippen molar-refractivity contribution in [2.45, 2.75) is 26.3 Å². The largest absolute Gasteiger partial charge is 0.548 e. The van der Waals surface area contributed by atoms with Crippen LogP contribution in [0.25, 0.3) is 6.08 Å². The van der Waals surface area contributed by atoms with Gasteiger partial charge < -0.3 is 9.90 Å². The van der Waals surface area contributed by atoms with Crippen LogP contribution in [0.4, 0.5) is 0 Å². The van der Waals surface area contributed by atoms with Crippen LogP contribution in [0.3, 0.4) is 0 Å². The number of hydrogen-bond acceptors (Lipinski definition) is 5. The third-order valence-corrected chi connectivity index (χ3v) is 4.68. The molecule has 4 nitrogen and oxygen atoms in total. The summed E-state index contributed by atoms with van der Waals surface area (Å²) in [4.78, 5) is 25.2. The first-order valence-electron chi connectivity index (χ1n) is 7.15. The monoisotopic (exact) mass is 346 g/mol. The van der Waals surface area contributed by atoms with Crippen molar-refractivity contribution >= 4 is 46.3 Å². The summed E-state index contributed by atoms with van der Waals surface area (Å²) in [5.74, 6) is -1.67. The molecule has 0 radical (unpaired) electrons. The lowest BCUT2D eigenvalue weighted by atomic mass is 10.1. The molecule has 1 aliphatic rings. The van der Waals surface area contributed by atoms with E-state index >= 15 is 0 Å². The Balaban J connectivity index is 2.25. The fourth-order valence-electron chi connectivity index (χ4n) is 2.26. The molecule has 0 unspecified atom stereocenters. The molecule has 1 saturated heterocycles. The van der Waals surface area contributed by atoms with Crippen molar-refractivity contribution in [3.8, 4) is 0 Å². The highest BCUT2D eigenvalue weighted by atomic mass is 32.2. The SMILES string of the molecule is CC[C@@H](C(=O)[O-])N1C(=O)C(=CC(C)=Cc2ccccc2)SC1=S. The highest BCUT2D eigenvalue weighted by Gasteiger charge is 2.36. The molecule has 1 amide bonds. The smallest absolute Gasteiger partial charge is 0.266 e. The number of carbonyl (C=O) groups excluding carboxylic acids is 2. The molecule has 1 aromatic carbocycles. The summed E-state index contributed by atoms with van der Waals surface area (Å²) >= 11 is 6.27. The quantitative estimate of drug-likeness (QED) is 0.605. The van der Waals surface area contributed by atoms with Crippen molar-refractivity contribution < 1.29 is 14.7 Å². The molecule has 0 aromatic heterocycles. The highest BCUT2D eigenvalue weighted by molar-refractivity contribution is 8.26. The molecule has 1 atom stereocenters. The Hall–Kier alpha value is -1.92. The molecular weight excluding hydrogens is 330 g/mol. The van der Waals surface area contributed by atoms with E-state index in [4.69, 9.17) is 12.2 Å². The van der Waals surface area contributed by atoms with Crippen molar-refractivity contribution in [3.05, 3.63) is 52.4 Å². The van der Waals surface area contributed by atoms with Gasteiger partial charge in [-0.3, -0.25) is 9.69 Å². The van der Waals surface area contributed by atoms with Crippen molar-refractivity contribution in [2.24, 2.45) is 0 Å². The number of aliphatic carboxylic acids is 1. The summed E-state index contributed by atoms with van der Waals surface area (Å²) in [7, 11) is 0. The normalized spacial score (nSPS) is 18.6. The van der Waals surface area contributed by atoms with E-state index in [2.05, 4.69) is 0 Å². The van der Waals surface area contributed by atoms with E-state index in [9.17, 15) is 14.7 Å². The lowest BCUT2D eigenvalue weighted by Gasteiger charge is -2.26. The van der Waals surface area contributed by atoms with E-state index in [1.807, 2.05) is 43.3 Å². The predicted molar refractivity (Wildman–Crippen MR) is 94.3 cm³/mol. The van der Waals surface area contributed by atoms with Crippen LogP contribution in [0.5, 0.6) is 0 Å². The Bertz CT molecular complexity index is 695. The summed E-state index contributed by atoms with van der Waals surface area (Å²) in [6, 6.07) is 8.71. The summed E-state index contributed by atoms with van der Waals surface area (Å²) in [6.45, 7) is 3.57. The second-order valence-electron chi connectivity index (χ2n) is 5.09.